The molecule has 0 spiro atoms. The van der Waals surface area contributed by atoms with Gasteiger partial charge in [-0.25, -0.2) is 0 Å². The maximum absolute atomic E-state index is 12.2. The number of ether oxygens (including phenoxy) is 2. The molecule has 0 unspecified atom stereocenters. The highest BCUT2D eigenvalue weighted by Gasteiger charge is 2.16. The van der Waals surface area contributed by atoms with Gasteiger partial charge >= 0.3 is 0 Å². The van der Waals surface area contributed by atoms with Crippen LogP contribution in [-0.4, -0.2) is 25.2 Å². The lowest BCUT2D eigenvalue weighted by Gasteiger charge is -2.18. The first kappa shape index (κ1) is 19.8. The van der Waals surface area contributed by atoms with Gasteiger partial charge in [-0.3, -0.25) is 4.79 Å². The SMILES string of the molecule is Cc1ccc(OCCNC(=O)[C@@H](C)Oc2ccccc2C(C)C)cc1C. The molecular weight excluding hydrogens is 326 g/mol. The maximum atomic E-state index is 12.2. The number of aryl methyl sites for hydroxylation is 2. The fourth-order valence-electron chi connectivity index (χ4n) is 2.60. The molecule has 0 radical (unpaired) electrons. The fourth-order valence-corrected chi connectivity index (χ4v) is 2.60. The van der Waals surface area contributed by atoms with E-state index < -0.39 is 6.10 Å². The Labute approximate surface area is 156 Å². The van der Waals surface area contributed by atoms with Gasteiger partial charge in [-0.15, -0.1) is 0 Å². The second-order valence-electron chi connectivity index (χ2n) is 6.84. The summed E-state index contributed by atoms with van der Waals surface area (Å²) in [5.74, 6) is 1.77. The van der Waals surface area contributed by atoms with Crippen LogP contribution in [-0.2, 0) is 4.79 Å². The van der Waals surface area contributed by atoms with Gasteiger partial charge in [-0.05, 0) is 61.6 Å². The topological polar surface area (TPSA) is 47.6 Å². The van der Waals surface area contributed by atoms with Crippen molar-refractivity contribution in [3.8, 4) is 11.5 Å². The lowest BCUT2D eigenvalue weighted by Crippen LogP contribution is -2.38. The normalized spacial score (nSPS) is 11.9. The molecule has 140 valence electrons. The molecule has 0 aliphatic rings. The van der Waals surface area contributed by atoms with Gasteiger partial charge in [0.2, 0.25) is 0 Å². The molecule has 26 heavy (non-hydrogen) atoms. The predicted octanol–water partition coefficient (Wildman–Crippen LogP) is 4.39. The van der Waals surface area contributed by atoms with Crippen molar-refractivity contribution in [1.82, 2.24) is 5.32 Å². The van der Waals surface area contributed by atoms with Crippen LogP contribution in [0.3, 0.4) is 0 Å². The van der Waals surface area contributed by atoms with E-state index >= 15 is 0 Å². The Hall–Kier alpha value is -2.49. The zero-order valence-corrected chi connectivity index (χ0v) is 16.3. The highest BCUT2D eigenvalue weighted by molar-refractivity contribution is 5.80. The zero-order valence-electron chi connectivity index (χ0n) is 16.3. The van der Waals surface area contributed by atoms with E-state index in [1.54, 1.807) is 6.92 Å². The van der Waals surface area contributed by atoms with Gasteiger partial charge in [0, 0.05) is 0 Å². The summed E-state index contributed by atoms with van der Waals surface area (Å²) in [5, 5.41) is 2.86. The number of amides is 1. The molecule has 0 aromatic heterocycles. The zero-order chi connectivity index (χ0) is 19.1. The Bertz CT molecular complexity index is 740. The monoisotopic (exact) mass is 355 g/mol. The number of benzene rings is 2. The van der Waals surface area contributed by atoms with Crippen LogP contribution in [0.2, 0.25) is 0 Å². The van der Waals surface area contributed by atoms with Crippen LogP contribution in [0.5, 0.6) is 11.5 Å². The summed E-state index contributed by atoms with van der Waals surface area (Å²) in [7, 11) is 0. The summed E-state index contributed by atoms with van der Waals surface area (Å²) < 4.78 is 11.5. The molecule has 4 nitrogen and oxygen atoms in total. The van der Waals surface area contributed by atoms with E-state index in [1.807, 2.05) is 42.5 Å². The maximum Gasteiger partial charge on any atom is 0.260 e. The minimum Gasteiger partial charge on any atom is -0.492 e. The summed E-state index contributed by atoms with van der Waals surface area (Å²) >= 11 is 0. The molecule has 0 saturated heterocycles. The molecule has 2 rings (SSSR count). The van der Waals surface area contributed by atoms with Crippen molar-refractivity contribution in [3.05, 3.63) is 59.2 Å². The van der Waals surface area contributed by atoms with Crippen molar-refractivity contribution < 1.29 is 14.3 Å². The number of carbonyl (C=O) groups is 1. The quantitative estimate of drug-likeness (QED) is 0.715. The molecule has 1 amide bonds. The van der Waals surface area contributed by atoms with E-state index in [2.05, 4.69) is 33.0 Å². The number of rotatable bonds is 8. The Morgan fingerprint density at radius 1 is 1.04 bits per heavy atom. The van der Waals surface area contributed by atoms with Gasteiger partial charge in [0.1, 0.15) is 18.1 Å². The van der Waals surface area contributed by atoms with E-state index in [0.717, 1.165) is 17.1 Å². The van der Waals surface area contributed by atoms with Gasteiger partial charge in [0.15, 0.2) is 6.10 Å². The molecule has 0 heterocycles. The molecule has 2 aromatic rings. The Morgan fingerprint density at radius 3 is 2.46 bits per heavy atom. The van der Waals surface area contributed by atoms with Gasteiger partial charge in [0.25, 0.3) is 5.91 Å². The molecule has 0 saturated carbocycles. The van der Waals surface area contributed by atoms with Crippen molar-refractivity contribution in [2.75, 3.05) is 13.2 Å². The minimum atomic E-state index is -0.559. The van der Waals surface area contributed by atoms with E-state index in [4.69, 9.17) is 9.47 Å². The Morgan fingerprint density at radius 2 is 1.77 bits per heavy atom. The van der Waals surface area contributed by atoms with E-state index in [1.165, 1.54) is 11.1 Å². The summed E-state index contributed by atoms with van der Waals surface area (Å²) in [4.78, 5) is 12.2. The predicted molar refractivity (Wildman–Crippen MR) is 105 cm³/mol. The first-order chi connectivity index (χ1) is 12.4. The average molecular weight is 355 g/mol. The molecule has 0 aliphatic heterocycles. The highest BCUT2D eigenvalue weighted by Crippen LogP contribution is 2.26. The molecule has 0 fully saturated rings. The third kappa shape index (κ3) is 5.51. The minimum absolute atomic E-state index is 0.146. The van der Waals surface area contributed by atoms with Crippen LogP contribution in [0.1, 0.15) is 43.4 Å². The van der Waals surface area contributed by atoms with Crippen LogP contribution < -0.4 is 14.8 Å². The lowest BCUT2D eigenvalue weighted by molar-refractivity contribution is -0.127. The van der Waals surface area contributed by atoms with Gasteiger partial charge in [0.05, 0.1) is 6.54 Å². The molecule has 1 N–H and O–H groups in total. The van der Waals surface area contributed by atoms with Crippen LogP contribution in [0.25, 0.3) is 0 Å². The summed E-state index contributed by atoms with van der Waals surface area (Å²) in [6, 6.07) is 13.8. The van der Waals surface area contributed by atoms with Crippen molar-refractivity contribution in [2.45, 2.75) is 46.6 Å². The summed E-state index contributed by atoms with van der Waals surface area (Å²) in [5.41, 5.74) is 3.53. The second-order valence-corrected chi connectivity index (χ2v) is 6.84. The fraction of sp³-hybridized carbons (Fsp3) is 0.409. The van der Waals surface area contributed by atoms with Gasteiger partial charge in [-0.2, -0.15) is 0 Å². The van der Waals surface area contributed by atoms with Crippen LogP contribution >= 0.6 is 0 Å². The summed E-state index contributed by atoms with van der Waals surface area (Å²) in [6.45, 7) is 11.0. The Balaban J connectivity index is 1.79. The molecule has 0 aliphatic carbocycles. The number of hydrogen-bond acceptors (Lipinski definition) is 3. The standard InChI is InChI=1S/C22H29NO3/c1-15(2)20-8-6-7-9-21(20)26-18(5)22(24)23-12-13-25-19-11-10-16(3)17(4)14-19/h6-11,14-15,18H,12-13H2,1-5H3,(H,23,24)/t18-/m1/s1. The number of carbonyl (C=O) groups excluding carboxylic acids is 1. The lowest BCUT2D eigenvalue weighted by atomic mass is 10.0. The first-order valence-electron chi connectivity index (χ1n) is 9.12. The van der Waals surface area contributed by atoms with Crippen molar-refractivity contribution in [1.29, 1.82) is 0 Å². The van der Waals surface area contributed by atoms with Crippen molar-refractivity contribution >= 4 is 5.91 Å². The number of nitrogens with one attached hydrogen (secondary N) is 1. The van der Waals surface area contributed by atoms with E-state index in [0.29, 0.717) is 19.1 Å². The third-order valence-electron chi connectivity index (χ3n) is 4.36. The van der Waals surface area contributed by atoms with Crippen molar-refractivity contribution in [3.63, 3.8) is 0 Å². The average Bonchev–Trinajstić information content (AvgIpc) is 2.61. The van der Waals surface area contributed by atoms with E-state index in [-0.39, 0.29) is 5.91 Å². The summed E-state index contributed by atoms with van der Waals surface area (Å²) in [6.07, 6.45) is -0.559. The van der Waals surface area contributed by atoms with Crippen LogP contribution in [0.15, 0.2) is 42.5 Å². The van der Waals surface area contributed by atoms with Crippen LogP contribution in [0, 0.1) is 13.8 Å². The molecule has 1 atom stereocenters. The third-order valence-corrected chi connectivity index (χ3v) is 4.36. The number of para-hydroxylation sites is 1. The van der Waals surface area contributed by atoms with Crippen LogP contribution in [0.4, 0.5) is 0 Å². The first-order valence-corrected chi connectivity index (χ1v) is 9.12. The smallest absolute Gasteiger partial charge is 0.260 e. The largest absolute Gasteiger partial charge is 0.492 e. The van der Waals surface area contributed by atoms with Gasteiger partial charge in [-0.1, -0.05) is 38.1 Å². The molecule has 4 heteroatoms. The van der Waals surface area contributed by atoms with Crippen molar-refractivity contribution in [2.24, 2.45) is 0 Å². The highest BCUT2D eigenvalue weighted by atomic mass is 16.5. The molecular formula is C22H29NO3. The molecule has 0 bridgehead atoms. The van der Waals surface area contributed by atoms with E-state index in [9.17, 15) is 4.79 Å². The van der Waals surface area contributed by atoms with Gasteiger partial charge < -0.3 is 14.8 Å². The Kier molecular flexibility index (Phi) is 7.07. The second kappa shape index (κ2) is 9.27. The number of hydrogen-bond donors (Lipinski definition) is 1. The molecule has 2 aromatic carbocycles.